The molecule has 1 unspecified atom stereocenters. The number of hydrogen-bond donors (Lipinski definition) is 1. The zero-order valence-corrected chi connectivity index (χ0v) is 8.71. The molecule has 0 fully saturated rings. The predicted molar refractivity (Wildman–Crippen MR) is 60.2 cm³/mol. The molecule has 1 aromatic carbocycles. The van der Waals surface area contributed by atoms with Gasteiger partial charge in [0, 0.05) is 0 Å². The number of nitrogens with two attached hydrogens (primary N) is 1. The van der Waals surface area contributed by atoms with Crippen molar-refractivity contribution in [3.8, 4) is 0 Å². The van der Waals surface area contributed by atoms with Crippen molar-refractivity contribution in [2.75, 3.05) is 6.54 Å². The average molecular weight is 189 g/mol. The van der Waals surface area contributed by atoms with Crippen LogP contribution in [0.15, 0.2) is 24.3 Å². The quantitative estimate of drug-likeness (QED) is 0.777. The van der Waals surface area contributed by atoms with Crippen molar-refractivity contribution in [1.82, 2.24) is 0 Å². The van der Waals surface area contributed by atoms with Gasteiger partial charge < -0.3 is 5.73 Å². The van der Waals surface area contributed by atoms with Crippen LogP contribution in [0.25, 0.3) is 0 Å². The predicted octanol–water partition coefficient (Wildman–Crippen LogP) is 2.53. The standard InChI is InChI=1S/C13H19N/c14-9-3-4-11-7-8-12-5-1-2-6-13(12)10-11/h1-2,5-6,11H,3-4,7-10,14H2. The van der Waals surface area contributed by atoms with Crippen LogP contribution >= 0.6 is 0 Å². The lowest BCUT2D eigenvalue weighted by Crippen LogP contribution is -2.15. The van der Waals surface area contributed by atoms with Gasteiger partial charge in [-0.05, 0) is 55.7 Å². The first-order valence-corrected chi connectivity index (χ1v) is 5.67. The Morgan fingerprint density at radius 1 is 1.21 bits per heavy atom. The number of fused-ring (bicyclic) bond motifs is 1. The molecule has 76 valence electrons. The van der Waals surface area contributed by atoms with Gasteiger partial charge in [-0.3, -0.25) is 0 Å². The van der Waals surface area contributed by atoms with E-state index >= 15 is 0 Å². The van der Waals surface area contributed by atoms with Gasteiger partial charge in [-0.1, -0.05) is 24.3 Å². The van der Waals surface area contributed by atoms with E-state index in [9.17, 15) is 0 Å². The SMILES string of the molecule is NCCCC1CCc2ccccc2C1. The molecule has 0 heterocycles. The summed E-state index contributed by atoms with van der Waals surface area (Å²) >= 11 is 0. The number of hydrogen-bond acceptors (Lipinski definition) is 1. The zero-order chi connectivity index (χ0) is 9.80. The van der Waals surface area contributed by atoms with Crippen LogP contribution in [-0.4, -0.2) is 6.54 Å². The van der Waals surface area contributed by atoms with Crippen LogP contribution in [0, 0.1) is 5.92 Å². The summed E-state index contributed by atoms with van der Waals surface area (Å²) in [6, 6.07) is 8.86. The molecular weight excluding hydrogens is 170 g/mol. The van der Waals surface area contributed by atoms with E-state index in [1.54, 1.807) is 11.1 Å². The molecule has 0 spiro atoms. The van der Waals surface area contributed by atoms with Crippen LogP contribution < -0.4 is 5.73 Å². The second-order valence-electron chi connectivity index (χ2n) is 4.31. The highest BCUT2D eigenvalue weighted by atomic mass is 14.5. The van der Waals surface area contributed by atoms with Gasteiger partial charge in [0.25, 0.3) is 0 Å². The van der Waals surface area contributed by atoms with Gasteiger partial charge in [0.1, 0.15) is 0 Å². The van der Waals surface area contributed by atoms with Gasteiger partial charge in [0.2, 0.25) is 0 Å². The van der Waals surface area contributed by atoms with Gasteiger partial charge in [-0.2, -0.15) is 0 Å². The third kappa shape index (κ3) is 2.16. The molecule has 0 saturated carbocycles. The first-order chi connectivity index (χ1) is 6.90. The maximum Gasteiger partial charge on any atom is -0.00772 e. The fraction of sp³-hybridized carbons (Fsp3) is 0.538. The molecule has 0 aliphatic heterocycles. The fourth-order valence-electron chi connectivity index (χ4n) is 2.43. The maximum atomic E-state index is 5.54. The highest BCUT2D eigenvalue weighted by molar-refractivity contribution is 5.29. The Kier molecular flexibility index (Phi) is 3.20. The van der Waals surface area contributed by atoms with E-state index in [0.29, 0.717) is 0 Å². The van der Waals surface area contributed by atoms with Crippen LogP contribution in [0.2, 0.25) is 0 Å². The molecule has 0 radical (unpaired) electrons. The summed E-state index contributed by atoms with van der Waals surface area (Å²) in [5.74, 6) is 0.883. The normalized spacial score (nSPS) is 20.5. The molecule has 14 heavy (non-hydrogen) atoms. The number of rotatable bonds is 3. The summed E-state index contributed by atoms with van der Waals surface area (Å²) in [5, 5.41) is 0. The molecule has 2 N–H and O–H groups in total. The molecule has 0 aromatic heterocycles. The van der Waals surface area contributed by atoms with E-state index in [1.165, 1.54) is 32.1 Å². The summed E-state index contributed by atoms with van der Waals surface area (Å²) in [5.41, 5.74) is 8.68. The Morgan fingerprint density at radius 2 is 2.00 bits per heavy atom. The third-order valence-corrected chi connectivity index (χ3v) is 3.27. The summed E-state index contributed by atoms with van der Waals surface area (Å²) < 4.78 is 0. The van der Waals surface area contributed by atoms with Crippen molar-refractivity contribution in [3.63, 3.8) is 0 Å². The highest BCUT2D eigenvalue weighted by Gasteiger charge is 2.17. The van der Waals surface area contributed by atoms with E-state index in [0.717, 1.165) is 12.5 Å². The minimum absolute atomic E-state index is 0.845. The second-order valence-corrected chi connectivity index (χ2v) is 4.31. The van der Waals surface area contributed by atoms with Crippen LogP contribution in [0.3, 0.4) is 0 Å². The highest BCUT2D eigenvalue weighted by Crippen LogP contribution is 2.27. The first kappa shape index (κ1) is 9.72. The van der Waals surface area contributed by atoms with Crippen molar-refractivity contribution < 1.29 is 0 Å². The van der Waals surface area contributed by atoms with Crippen LogP contribution in [-0.2, 0) is 12.8 Å². The van der Waals surface area contributed by atoms with Gasteiger partial charge in [-0.15, -0.1) is 0 Å². The van der Waals surface area contributed by atoms with Crippen LogP contribution in [0.5, 0.6) is 0 Å². The summed E-state index contributed by atoms with van der Waals surface area (Å²) in [7, 11) is 0. The van der Waals surface area contributed by atoms with E-state index in [-0.39, 0.29) is 0 Å². The minimum Gasteiger partial charge on any atom is -0.330 e. The molecular formula is C13H19N. The Morgan fingerprint density at radius 3 is 2.79 bits per heavy atom. The Bertz CT molecular complexity index is 293. The number of aryl methyl sites for hydroxylation is 1. The lowest BCUT2D eigenvalue weighted by atomic mass is 9.82. The van der Waals surface area contributed by atoms with Crippen molar-refractivity contribution in [1.29, 1.82) is 0 Å². The summed E-state index contributed by atoms with van der Waals surface area (Å²) in [6.07, 6.45) is 6.40. The average Bonchev–Trinajstić information content (AvgIpc) is 2.26. The summed E-state index contributed by atoms with van der Waals surface area (Å²) in [4.78, 5) is 0. The fourth-order valence-corrected chi connectivity index (χ4v) is 2.43. The Labute approximate surface area is 86.3 Å². The smallest absolute Gasteiger partial charge is 0.00772 e. The molecule has 2 rings (SSSR count). The molecule has 0 amide bonds. The van der Waals surface area contributed by atoms with Crippen molar-refractivity contribution >= 4 is 0 Å². The van der Waals surface area contributed by atoms with E-state index < -0.39 is 0 Å². The van der Waals surface area contributed by atoms with Gasteiger partial charge in [0.05, 0.1) is 0 Å². The second kappa shape index (κ2) is 4.61. The van der Waals surface area contributed by atoms with Crippen LogP contribution in [0.4, 0.5) is 0 Å². The van der Waals surface area contributed by atoms with Gasteiger partial charge in [0.15, 0.2) is 0 Å². The third-order valence-electron chi connectivity index (χ3n) is 3.27. The lowest BCUT2D eigenvalue weighted by molar-refractivity contribution is 0.417. The molecule has 1 heteroatoms. The lowest BCUT2D eigenvalue weighted by Gasteiger charge is -2.24. The maximum absolute atomic E-state index is 5.54. The molecule has 1 aromatic rings. The van der Waals surface area contributed by atoms with E-state index in [2.05, 4.69) is 24.3 Å². The molecule has 1 aliphatic carbocycles. The molecule has 0 bridgehead atoms. The van der Waals surface area contributed by atoms with Crippen LogP contribution in [0.1, 0.15) is 30.4 Å². The molecule has 1 aliphatic rings. The van der Waals surface area contributed by atoms with Crippen molar-refractivity contribution in [3.05, 3.63) is 35.4 Å². The Hall–Kier alpha value is -0.820. The van der Waals surface area contributed by atoms with Crippen molar-refractivity contribution in [2.45, 2.75) is 32.1 Å². The van der Waals surface area contributed by atoms with Gasteiger partial charge >= 0.3 is 0 Å². The molecule has 0 saturated heterocycles. The summed E-state index contributed by atoms with van der Waals surface area (Å²) in [6.45, 7) is 0.845. The van der Waals surface area contributed by atoms with Crippen molar-refractivity contribution in [2.24, 2.45) is 11.7 Å². The monoisotopic (exact) mass is 189 g/mol. The largest absolute Gasteiger partial charge is 0.330 e. The topological polar surface area (TPSA) is 26.0 Å². The first-order valence-electron chi connectivity index (χ1n) is 5.67. The minimum atomic E-state index is 0.845. The molecule has 1 nitrogen and oxygen atoms in total. The zero-order valence-electron chi connectivity index (χ0n) is 8.71. The van der Waals surface area contributed by atoms with E-state index in [4.69, 9.17) is 5.73 Å². The Balaban J connectivity index is 1.99. The molecule has 1 atom stereocenters. The number of benzene rings is 1. The van der Waals surface area contributed by atoms with E-state index in [1.807, 2.05) is 0 Å². The van der Waals surface area contributed by atoms with Gasteiger partial charge in [-0.25, -0.2) is 0 Å².